The van der Waals surface area contributed by atoms with Crippen molar-refractivity contribution < 1.29 is 4.74 Å². The van der Waals surface area contributed by atoms with Gasteiger partial charge < -0.3 is 9.64 Å². The third kappa shape index (κ3) is 3.85. The second-order valence-corrected chi connectivity index (χ2v) is 6.95. The average molecular weight is 341 g/mol. The third-order valence-electron chi connectivity index (χ3n) is 5.34. The van der Waals surface area contributed by atoms with Crippen LogP contribution in [0.2, 0.25) is 0 Å². The summed E-state index contributed by atoms with van der Waals surface area (Å²) in [5, 5.41) is 7.12. The van der Waals surface area contributed by atoms with Crippen LogP contribution in [0.25, 0.3) is 0 Å². The number of ether oxygens (including phenoxy) is 1. The van der Waals surface area contributed by atoms with Crippen LogP contribution in [0.5, 0.6) is 0 Å². The van der Waals surface area contributed by atoms with Gasteiger partial charge in [-0.3, -0.25) is 14.9 Å². The van der Waals surface area contributed by atoms with E-state index in [9.17, 15) is 0 Å². The van der Waals surface area contributed by atoms with Gasteiger partial charge in [0.25, 0.3) is 0 Å². The van der Waals surface area contributed by atoms with E-state index in [-0.39, 0.29) is 0 Å². The minimum Gasteiger partial charge on any atom is -0.379 e. The van der Waals surface area contributed by atoms with E-state index in [0.29, 0.717) is 0 Å². The Balaban J connectivity index is 1.37. The summed E-state index contributed by atoms with van der Waals surface area (Å²) in [5.41, 5.74) is 5.20. The van der Waals surface area contributed by atoms with Gasteiger partial charge in [0, 0.05) is 56.6 Å². The first-order chi connectivity index (χ1) is 12.3. The summed E-state index contributed by atoms with van der Waals surface area (Å²) in [6.45, 7) is 11.0. The number of allylic oxidation sites excluding steroid dienone is 1. The van der Waals surface area contributed by atoms with Crippen LogP contribution in [0, 0.1) is 0 Å². The van der Waals surface area contributed by atoms with Crippen molar-refractivity contribution in [3.05, 3.63) is 41.4 Å². The number of hydrogen-bond donors (Lipinski definition) is 0. The van der Waals surface area contributed by atoms with Crippen LogP contribution in [0.4, 0.5) is 0 Å². The molecular formula is C19H27N5O. The second-order valence-electron chi connectivity index (χ2n) is 6.95. The molecule has 0 radical (unpaired) electrons. The molecule has 0 aromatic carbocycles. The fourth-order valence-electron chi connectivity index (χ4n) is 3.76. The number of aromatic nitrogens is 1. The van der Waals surface area contributed by atoms with E-state index >= 15 is 0 Å². The lowest BCUT2D eigenvalue weighted by molar-refractivity contribution is 0.0342. The number of morpholine rings is 1. The molecule has 1 fully saturated rings. The van der Waals surface area contributed by atoms with E-state index in [1.807, 2.05) is 12.3 Å². The molecule has 1 aromatic heterocycles. The summed E-state index contributed by atoms with van der Waals surface area (Å²) in [6, 6.07) is 6.13. The Hall–Kier alpha value is -1.92. The Kier molecular flexibility index (Phi) is 4.99. The predicted molar refractivity (Wildman–Crippen MR) is 98.2 cm³/mol. The van der Waals surface area contributed by atoms with Gasteiger partial charge in [-0.05, 0) is 19.1 Å². The number of hydrazone groups is 1. The van der Waals surface area contributed by atoms with Gasteiger partial charge in [0.2, 0.25) is 0 Å². The van der Waals surface area contributed by atoms with Gasteiger partial charge in [-0.25, -0.2) is 0 Å². The van der Waals surface area contributed by atoms with Crippen LogP contribution in [0.3, 0.4) is 0 Å². The summed E-state index contributed by atoms with van der Waals surface area (Å²) in [6.07, 6.45) is 2.91. The fraction of sp³-hybridized carbons (Fsp3) is 0.579. The molecule has 0 atom stereocenters. The molecular weight excluding hydrogens is 314 g/mol. The predicted octanol–water partition coefficient (Wildman–Crippen LogP) is 1.57. The van der Waals surface area contributed by atoms with Crippen LogP contribution in [-0.4, -0.2) is 78.0 Å². The molecule has 134 valence electrons. The number of nitrogens with zero attached hydrogens (tertiary/aromatic N) is 5. The summed E-state index contributed by atoms with van der Waals surface area (Å²) in [4.78, 5) is 9.39. The van der Waals surface area contributed by atoms with Crippen LogP contribution in [-0.2, 0) is 11.3 Å². The van der Waals surface area contributed by atoms with Gasteiger partial charge >= 0.3 is 0 Å². The van der Waals surface area contributed by atoms with Crippen molar-refractivity contribution in [1.29, 1.82) is 0 Å². The number of fused-ring (bicyclic) bond motifs is 1. The Morgan fingerprint density at radius 2 is 2.00 bits per heavy atom. The molecule has 6 heteroatoms. The topological polar surface area (TPSA) is 44.2 Å². The van der Waals surface area contributed by atoms with Gasteiger partial charge in [0.05, 0.1) is 37.7 Å². The first kappa shape index (κ1) is 16.5. The van der Waals surface area contributed by atoms with Gasteiger partial charge in [-0.2, -0.15) is 5.10 Å². The molecule has 1 aromatic rings. The van der Waals surface area contributed by atoms with E-state index in [1.165, 1.54) is 17.0 Å². The second kappa shape index (κ2) is 7.54. The van der Waals surface area contributed by atoms with Crippen LogP contribution < -0.4 is 0 Å². The molecule has 3 aliphatic rings. The van der Waals surface area contributed by atoms with E-state index in [2.05, 4.69) is 38.8 Å². The molecule has 0 saturated carbocycles. The Morgan fingerprint density at radius 3 is 2.80 bits per heavy atom. The van der Waals surface area contributed by atoms with Crippen molar-refractivity contribution in [2.45, 2.75) is 19.9 Å². The average Bonchev–Trinajstić information content (AvgIpc) is 3.08. The molecule has 0 aliphatic carbocycles. The molecule has 0 bridgehead atoms. The number of pyridine rings is 1. The highest BCUT2D eigenvalue weighted by molar-refractivity contribution is 6.03. The van der Waals surface area contributed by atoms with Crippen molar-refractivity contribution in [3.63, 3.8) is 0 Å². The Morgan fingerprint density at radius 1 is 1.12 bits per heavy atom. The van der Waals surface area contributed by atoms with Crippen molar-refractivity contribution in [2.75, 3.05) is 52.5 Å². The maximum Gasteiger partial charge on any atom is 0.0690 e. The maximum absolute atomic E-state index is 5.42. The van der Waals surface area contributed by atoms with Gasteiger partial charge in [-0.1, -0.05) is 6.07 Å². The monoisotopic (exact) mass is 341 g/mol. The largest absolute Gasteiger partial charge is 0.379 e. The summed E-state index contributed by atoms with van der Waals surface area (Å²) >= 11 is 0. The maximum atomic E-state index is 5.42. The highest BCUT2D eigenvalue weighted by Gasteiger charge is 2.28. The van der Waals surface area contributed by atoms with E-state index in [1.54, 1.807) is 0 Å². The van der Waals surface area contributed by atoms with Crippen molar-refractivity contribution in [1.82, 2.24) is 19.8 Å². The molecule has 0 amide bonds. The highest BCUT2D eigenvalue weighted by atomic mass is 16.5. The van der Waals surface area contributed by atoms with Gasteiger partial charge in [0.15, 0.2) is 0 Å². The van der Waals surface area contributed by atoms with Crippen LogP contribution in [0.15, 0.2) is 40.8 Å². The van der Waals surface area contributed by atoms with Crippen LogP contribution >= 0.6 is 0 Å². The van der Waals surface area contributed by atoms with Crippen molar-refractivity contribution >= 4 is 5.71 Å². The number of rotatable bonds is 5. The smallest absolute Gasteiger partial charge is 0.0690 e. The lowest BCUT2D eigenvalue weighted by Crippen LogP contribution is -2.40. The van der Waals surface area contributed by atoms with Crippen molar-refractivity contribution in [2.24, 2.45) is 5.10 Å². The van der Waals surface area contributed by atoms with E-state index in [4.69, 9.17) is 9.84 Å². The zero-order valence-electron chi connectivity index (χ0n) is 15.0. The Bertz CT molecular complexity index is 651. The van der Waals surface area contributed by atoms with Crippen LogP contribution in [0.1, 0.15) is 19.0 Å². The molecule has 0 unspecified atom stereocenters. The van der Waals surface area contributed by atoms with Gasteiger partial charge in [0.1, 0.15) is 0 Å². The molecule has 3 aliphatic heterocycles. The summed E-state index contributed by atoms with van der Waals surface area (Å²) in [5.74, 6) is 0. The molecule has 1 saturated heterocycles. The molecule has 6 nitrogen and oxygen atoms in total. The van der Waals surface area contributed by atoms with E-state index < -0.39 is 0 Å². The first-order valence-electron chi connectivity index (χ1n) is 9.27. The fourth-order valence-corrected chi connectivity index (χ4v) is 3.76. The van der Waals surface area contributed by atoms with Gasteiger partial charge in [-0.15, -0.1) is 0 Å². The summed E-state index contributed by atoms with van der Waals surface area (Å²) in [7, 11) is 0. The zero-order chi connectivity index (χ0) is 17.1. The SMILES string of the molecule is CC1=C2CN(CCN3CCOCC3)N=C2CCN1Cc1ccccn1. The first-order valence-corrected chi connectivity index (χ1v) is 9.27. The molecule has 4 heterocycles. The quantitative estimate of drug-likeness (QED) is 0.813. The van der Waals surface area contributed by atoms with E-state index in [0.717, 1.165) is 71.1 Å². The third-order valence-corrected chi connectivity index (χ3v) is 5.34. The zero-order valence-corrected chi connectivity index (χ0v) is 15.0. The molecule has 25 heavy (non-hydrogen) atoms. The summed E-state index contributed by atoms with van der Waals surface area (Å²) < 4.78 is 5.42. The lowest BCUT2D eigenvalue weighted by Gasteiger charge is -2.31. The standard InChI is InChI=1S/C19H27N5O/c1-16-18-15-24(9-8-22-10-12-25-13-11-22)21-19(18)5-7-23(16)14-17-4-2-3-6-20-17/h2-4,6H,5,7-15H2,1H3. The molecule has 0 spiro atoms. The molecule has 0 N–H and O–H groups in total. The minimum atomic E-state index is 0.862. The molecule has 4 rings (SSSR count). The van der Waals surface area contributed by atoms with Crippen molar-refractivity contribution in [3.8, 4) is 0 Å². The number of hydrogen-bond acceptors (Lipinski definition) is 6. The lowest BCUT2D eigenvalue weighted by atomic mass is 10.0. The Labute approximate surface area is 149 Å². The normalized spacial score (nSPS) is 21.6. The minimum absolute atomic E-state index is 0.862. The highest BCUT2D eigenvalue weighted by Crippen LogP contribution is 2.27.